The first-order chi connectivity index (χ1) is 7.15. The molecule has 15 heavy (non-hydrogen) atoms. The highest BCUT2D eigenvalue weighted by Crippen LogP contribution is 2.22. The van der Waals surface area contributed by atoms with Crippen molar-refractivity contribution < 1.29 is 9.53 Å². The van der Waals surface area contributed by atoms with Crippen molar-refractivity contribution in [2.75, 3.05) is 20.2 Å². The summed E-state index contributed by atoms with van der Waals surface area (Å²) < 4.78 is 5.30. The zero-order valence-electron chi connectivity index (χ0n) is 8.87. The van der Waals surface area contributed by atoms with Crippen LogP contribution >= 0.6 is 11.6 Å². The van der Waals surface area contributed by atoms with Crippen LogP contribution in [0.5, 0.6) is 5.75 Å². The van der Waals surface area contributed by atoms with E-state index < -0.39 is 0 Å². The van der Waals surface area contributed by atoms with E-state index in [0.717, 1.165) is 0 Å². The third-order valence-corrected chi connectivity index (χ3v) is 2.40. The minimum absolute atomic E-state index is 0.0219. The van der Waals surface area contributed by atoms with Gasteiger partial charge in [0.15, 0.2) is 6.61 Å². The number of carbonyl (C=O) groups excluding carboxylic acids is 1. The first-order valence-electron chi connectivity index (χ1n) is 4.76. The van der Waals surface area contributed by atoms with Gasteiger partial charge in [-0.1, -0.05) is 23.7 Å². The molecule has 0 radical (unpaired) electrons. The van der Waals surface area contributed by atoms with E-state index in [4.69, 9.17) is 16.3 Å². The number of para-hydroxylation sites is 1. The summed E-state index contributed by atoms with van der Waals surface area (Å²) >= 11 is 5.87. The van der Waals surface area contributed by atoms with Crippen molar-refractivity contribution >= 4 is 17.5 Å². The fraction of sp³-hybridized carbons (Fsp3) is 0.364. The van der Waals surface area contributed by atoms with Crippen LogP contribution in [0.25, 0.3) is 0 Å². The lowest BCUT2D eigenvalue weighted by Gasteiger charge is -2.15. The van der Waals surface area contributed by atoms with Crippen LogP contribution in [-0.2, 0) is 4.79 Å². The Labute approximate surface area is 94.6 Å². The Morgan fingerprint density at radius 3 is 2.73 bits per heavy atom. The molecule has 0 aliphatic rings. The summed E-state index contributed by atoms with van der Waals surface area (Å²) in [5.74, 6) is 0.481. The summed E-state index contributed by atoms with van der Waals surface area (Å²) in [5.41, 5.74) is 0. The van der Waals surface area contributed by atoms with Gasteiger partial charge in [-0.25, -0.2) is 0 Å². The van der Waals surface area contributed by atoms with Gasteiger partial charge in [0, 0.05) is 13.6 Å². The SMILES string of the molecule is CCN(C)C(=O)COc1ccccc1Cl. The second-order valence-electron chi connectivity index (χ2n) is 3.13. The number of amides is 1. The summed E-state index contributed by atoms with van der Waals surface area (Å²) in [5, 5.41) is 0.518. The van der Waals surface area contributed by atoms with Crippen molar-refractivity contribution in [3.63, 3.8) is 0 Å². The molecule has 0 fully saturated rings. The van der Waals surface area contributed by atoms with Crippen LogP contribution in [0, 0.1) is 0 Å². The van der Waals surface area contributed by atoms with Crippen LogP contribution in [0.4, 0.5) is 0 Å². The lowest BCUT2D eigenvalue weighted by Crippen LogP contribution is -2.31. The lowest BCUT2D eigenvalue weighted by molar-refractivity contribution is -0.131. The smallest absolute Gasteiger partial charge is 0.260 e. The van der Waals surface area contributed by atoms with Gasteiger partial charge in [0.05, 0.1) is 5.02 Å². The molecule has 3 nitrogen and oxygen atoms in total. The van der Waals surface area contributed by atoms with Crippen LogP contribution in [0.3, 0.4) is 0 Å². The number of hydrogen-bond acceptors (Lipinski definition) is 2. The molecule has 82 valence electrons. The van der Waals surface area contributed by atoms with E-state index >= 15 is 0 Å². The zero-order chi connectivity index (χ0) is 11.3. The fourth-order valence-corrected chi connectivity index (χ4v) is 1.18. The first kappa shape index (κ1) is 11.9. The van der Waals surface area contributed by atoms with E-state index in [-0.39, 0.29) is 12.5 Å². The van der Waals surface area contributed by atoms with E-state index in [1.807, 2.05) is 19.1 Å². The maximum Gasteiger partial charge on any atom is 0.260 e. The number of benzene rings is 1. The molecule has 1 rings (SSSR count). The van der Waals surface area contributed by atoms with Crippen molar-refractivity contribution in [3.8, 4) is 5.75 Å². The average Bonchev–Trinajstić information content (AvgIpc) is 2.26. The Hall–Kier alpha value is -1.22. The number of rotatable bonds is 4. The monoisotopic (exact) mass is 227 g/mol. The highest BCUT2D eigenvalue weighted by Gasteiger charge is 2.08. The maximum atomic E-state index is 11.4. The minimum Gasteiger partial charge on any atom is -0.482 e. The topological polar surface area (TPSA) is 29.5 Å². The van der Waals surface area contributed by atoms with Gasteiger partial charge in [0.25, 0.3) is 5.91 Å². The highest BCUT2D eigenvalue weighted by atomic mass is 35.5. The summed E-state index contributed by atoms with van der Waals surface area (Å²) in [7, 11) is 1.73. The Morgan fingerprint density at radius 1 is 1.47 bits per heavy atom. The van der Waals surface area contributed by atoms with E-state index in [1.165, 1.54) is 0 Å². The molecule has 0 aromatic heterocycles. The minimum atomic E-state index is -0.0579. The van der Waals surface area contributed by atoms with Gasteiger partial charge in [0.1, 0.15) is 5.75 Å². The molecule has 1 amide bonds. The number of nitrogens with zero attached hydrogens (tertiary/aromatic N) is 1. The number of likely N-dealkylation sites (N-methyl/N-ethyl adjacent to an activating group) is 1. The standard InChI is InChI=1S/C11H14ClNO2/c1-3-13(2)11(14)8-15-10-7-5-4-6-9(10)12/h4-7H,3,8H2,1-2H3. The van der Waals surface area contributed by atoms with Crippen LogP contribution < -0.4 is 4.74 Å². The predicted molar refractivity (Wildman–Crippen MR) is 60.3 cm³/mol. The van der Waals surface area contributed by atoms with Crippen LogP contribution in [-0.4, -0.2) is 31.0 Å². The van der Waals surface area contributed by atoms with Gasteiger partial charge >= 0.3 is 0 Å². The predicted octanol–water partition coefficient (Wildman–Crippen LogP) is 2.20. The number of hydrogen-bond donors (Lipinski definition) is 0. The molecule has 0 spiro atoms. The largest absolute Gasteiger partial charge is 0.482 e. The molecule has 4 heteroatoms. The van der Waals surface area contributed by atoms with Crippen LogP contribution in [0.2, 0.25) is 5.02 Å². The lowest BCUT2D eigenvalue weighted by atomic mass is 10.3. The molecule has 0 atom stereocenters. The Morgan fingerprint density at radius 2 is 2.13 bits per heavy atom. The number of ether oxygens (including phenoxy) is 1. The van der Waals surface area contributed by atoms with E-state index in [1.54, 1.807) is 24.1 Å². The second-order valence-corrected chi connectivity index (χ2v) is 3.53. The molecule has 0 aliphatic heterocycles. The fourth-order valence-electron chi connectivity index (χ4n) is 0.988. The number of carbonyl (C=O) groups is 1. The first-order valence-corrected chi connectivity index (χ1v) is 5.14. The van der Waals surface area contributed by atoms with Gasteiger partial charge in [0.2, 0.25) is 0 Å². The van der Waals surface area contributed by atoms with Gasteiger partial charge < -0.3 is 9.64 Å². The molecule has 0 N–H and O–H groups in total. The third-order valence-electron chi connectivity index (χ3n) is 2.09. The van der Waals surface area contributed by atoms with Crippen molar-refractivity contribution in [3.05, 3.63) is 29.3 Å². The van der Waals surface area contributed by atoms with Crippen molar-refractivity contribution in [2.24, 2.45) is 0 Å². The highest BCUT2D eigenvalue weighted by molar-refractivity contribution is 6.32. The molecule has 0 saturated carbocycles. The van der Waals surface area contributed by atoms with Crippen molar-refractivity contribution in [1.29, 1.82) is 0 Å². The Kier molecular flexibility index (Phi) is 4.43. The van der Waals surface area contributed by atoms with Crippen molar-refractivity contribution in [2.45, 2.75) is 6.92 Å². The van der Waals surface area contributed by atoms with Gasteiger partial charge in [-0.3, -0.25) is 4.79 Å². The van der Waals surface area contributed by atoms with Gasteiger partial charge in [-0.05, 0) is 19.1 Å². The summed E-state index contributed by atoms with van der Waals surface area (Å²) in [4.78, 5) is 13.0. The molecular formula is C11H14ClNO2. The van der Waals surface area contributed by atoms with Crippen molar-refractivity contribution in [1.82, 2.24) is 4.90 Å². The van der Waals surface area contributed by atoms with Gasteiger partial charge in [-0.15, -0.1) is 0 Å². The maximum absolute atomic E-state index is 11.4. The molecular weight excluding hydrogens is 214 g/mol. The van der Waals surface area contributed by atoms with Gasteiger partial charge in [-0.2, -0.15) is 0 Å². The molecule has 1 aromatic carbocycles. The van der Waals surface area contributed by atoms with E-state index in [9.17, 15) is 4.79 Å². The quantitative estimate of drug-likeness (QED) is 0.789. The Bertz CT molecular complexity index is 341. The van der Waals surface area contributed by atoms with E-state index in [0.29, 0.717) is 17.3 Å². The number of halogens is 1. The van der Waals surface area contributed by atoms with Crippen LogP contribution in [0.1, 0.15) is 6.92 Å². The average molecular weight is 228 g/mol. The summed E-state index contributed by atoms with van der Waals surface area (Å²) in [6, 6.07) is 7.09. The Balaban J connectivity index is 2.51. The normalized spacial score (nSPS) is 9.80. The molecule has 0 unspecified atom stereocenters. The summed E-state index contributed by atoms with van der Waals surface area (Å²) in [6.07, 6.45) is 0. The second kappa shape index (κ2) is 5.61. The molecule has 0 bridgehead atoms. The summed E-state index contributed by atoms with van der Waals surface area (Å²) in [6.45, 7) is 2.60. The molecule has 1 aromatic rings. The molecule has 0 aliphatic carbocycles. The molecule has 0 heterocycles. The zero-order valence-corrected chi connectivity index (χ0v) is 9.62. The molecule has 0 saturated heterocycles. The van der Waals surface area contributed by atoms with E-state index in [2.05, 4.69) is 0 Å². The van der Waals surface area contributed by atoms with Crippen LogP contribution in [0.15, 0.2) is 24.3 Å². The third kappa shape index (κ3) is 3.44.